The molecule has 0 unspecified atom stereocenters. The highest BCUT2D eigenvalue weighted by molar-refractivity contribution is 7.99. The third-order valence-corrected chi connectivity index (χ3v) is 5.75. The zero-order valence-electron chi connectivity index (χ0n) is 15.0. The van der Waals surface area contributed by atoms with Crippen LogP contribution in [0.4, 0.5) is 0 Å². The Kier molecular flexibility index (Phi) is 4.99. The number of carbonyl (C=O) groups is 3. The van der Waals surface area contributed by atoms with Crippen LogP contribution in [0.25, 0.3) is 0 Å². The lowest BCUT2D eigenvalue weighted by atomic mass is 10.1. The monoisotopic (exact) mass is 403 g/mol. The zero-order valence-corrected chi connectivity index (χ0v) is 15.8. The number of nitrogens with zero attached hydrogens (tertiary/aromatic N) is 1. The average molecular weight is 403 g/mol. The fraction of sp³-hybridized carbons (Fsp3) is 0.316. The molecule has 2 aliphatic heterocycles. The van der Waals surface area contributed by atoms with Crippen molar-refractivity contribution in [3.05, 3.63) is 47.9 Å². The van der Waals surface area contributed by atoms with Crippen LogP contribution in [0.2, 0.25) is 0 Å². The van der Waals surface area contributed by atoms with Crippen molar-refractivity contribution in [1.29, 1.82) is 0 Å². The van der Waals surface area contributed by atoms with E-state index in [0.717, 1.165) is 0 Å². The molecule has 0 saturated carbocycles. The van der Waals surface area contributed by atoms with Crippen molar-refractivity contribution in [3.8, 4) is 11.5 Å². The molecule has 1 aromatic carbocycles. The smallest absolute Gasteiger partial charge is 0.330 e. The van der Waals surface area contributed by atoms with Gasteiger partial charge in [-0.05, 0) is 30.3 Å². The van der Waals surface area contributed by atoms with E-state index in [4.69, 9.17) is 18.6 Å². The first-order chi connectivity index (χ1) is 13.5. The van der Waals surface area contributed by atoms with E-state index in [9.17, 15) is 14.4 Å². The number of thioether (sulfide) groups is 1. The Bertz CT molecular complexity index is 911. The summed E-state index contributed by atoms with van der Waals surface area (Å²) in [4.78, 5) is 38.4. The Balaban J connectivity index is 1.40. The zero-order chi connectivity index (χ0) is 19.7. The maximum absolute atomic E-state index is 12.5. The van der Waals surface area contributed by atoms with Gasteiger partial charge < -0.3 is 23.5 Å². The van der Waals surface area contributed by atoms with Gasteiger partial charge >= 0.3 is 5.97 Å². The predicted octanol–water partition coefficient (Wildman–Crippen LogP) is 2.40. The Morgan fingerprint density at radius 1 is 1.21 bits per heavy atom. The molecule has 2 aliphatic rings. The topological polar surface area (TPSA) is 95.3 Å². The number of hydrogen-bond donors (Lipinski definition) is 0. The summed E-state index contributed by atoms with van der Waals surface area (Å²) >= 11 is 1.41. The van der Waals surface area contributed by atoms with E-state index in [2.05, 4.69) is 0 Å². The molecule has 0 N–H and O–H groups in total. The van der Waals surface area contributed by atoms with Gasteiger partial charge in [-0.25, -0.2) is 4.79 Å². The van der Waals surface area contributed by atoms with E-state index in [0.29, 0.717) is 28.6 Å². The summed E-state index contributed by atoms with van der Waals surface area (Å²) in [6.07, 6.45) is 1.52. The molecule has 3 heterocycles. The minimum atomic E-state index is -0.776. The molecule has 1 fully saturated rings. The van der Waals surface area contributed by atoms with Crippen molar-refractivity contribution in [3.63, 3.8) is 0 Å². The summed E-state index contributed by atoms with van der Waals surface area (Å²) < 4.78 is 21.0. The number of esters is 1. The van der Waals surface area contributed by atoms with Gasteiger partial charge in [0, 0.05) is 18.2 Å². The quantitative estimate of drug-likeness (QED) is 0.555. The van der Waals surface area contributed by atoms with Crippen LogP contribution in [0.15, 0.2) is 41.0 Å². The van der Waals surface area contributed by atoms with Gasteiger partial charge in [0.25, 0.3) is 0 Å². The SMILES string of the molecule is CC(=O)N1[C@@H](c2ccco2)SC[C@H]1C(=O)OCC(=O)c1ccc2c(c1)OCO2. The molecule has 146 valence electrons. The molecule has 1 saturated heterocycles. The van der Waals surface area contributed by atoms with Crippen LogP contribution >= 0.6 is 11.8 Å². The van der Waals surface area contributed by atoms with Crippen molar-refractivity contribution in [2.24, 2.45) is 0 Å². The second-order valence-corrected chi connectivity index (χ2v) is 7.36. The third kappa shape index (κ3) is 3.45. The van der Waals surface area contributed by atoms with Gasteiger partial charge in [0.05, 0.1) is 6.26 Å². The van der Waals surface area contributed by atoms with Crippen LogP contribution in [0.3, 0.4) is 0 Å². The molecular formula is C19H17NO7S. The van der Waals surface area contributed by atoms with Crippen molar-refractivity contribution >= 4 is 29.4 Å². The number of furan rings is 1. The minimum Gasteiger partial charge on any atom is -0.466 e. The van der Waals surface area contributed by atoms with Gasteiger partial charge in [-0.3, -0.25) is 9.59 Å². The Labute approximate surface area is 164 Å². The Hall–Kier alpha value is -2.94. The summed E-state index contributed by atoms with van der Waals surface area (Å²) in [6.45, 7) is 1.08. The number of ketones is 1. The Morgan fingerprint density at radius 3 is 2.79 bits per heavy atom. The number of fused-ring (bicyclic) bond motifs is 1. The lowest BCUT2D eigenvalue weighted by molar-refractivity contribution is -0.152. The molecule has 0 radical (unpaired) electrons. The summed E-state index contributed by atoms with van der Waals surface area (Å²) in [5, 5.41) is -0.394. The van der Waals surface area contributed by atoms with Crippen molar-refractivity contribution in [2.45, 2.75) is 18.3 Å². The largest absolute Gasteiger partial charge is 0.466 e. The van der Waals surface area contributed by atoms with Crippen LogP contribution in [-0.2, 0) is 14.3 Å². The maximum atomic E-state index is 12.5. The van der Waals surface area contributed by atoms with Crippen LogP contribution in [0.1, 0.15) is 28.4 Å². The number of carbonyl (C=O) groups excluding carboxylic acids is 3. The number of ether oxygens (including phenoxy) is 3. The fourth-order valence-corrected chi connectivity index (χ4v) is 4.53. The molecule has 1 aromatic heterocycles. The first kappa shape index (κ1) is 18.4. The van der Waals surface area contributed by atoms with Crippen molar-refractivity contribution in [1.82, 2.24) is 4.90 Å². The molecule has 2 aromatic rings. The molecule has 0 aliphatic carbocycles. The maximum Gasteiger partial charge on any atom is 0.330 e. The first-order valence-electron chi connectivity index (χ1n) is 8.58. The van der Waals surface area contributed by atoms with E-state index in [1.807, 2.05) is 0 Å². The van der Waals surface area contributed by atoms with E-state index >= 15 is 0 Å². The minimum absolute atomic E-state index is 0.110. The van der Waals surface area contributed by atoms with Crippen LogP contribution in [0, 0.1) is 0 Å². The molecule has 28 heavy (non-hydrogen) atoms. The number of Topliss-reactive ketones (excluding diaryl/α,β-unsaturated/α-hetero) is 1. The standard InChI is InChI=1S/C19H17NO7S/c1-11(21)20-13(9-28-18(20)16-3-2-6-24-16)19(23)25-8-14(22)12-4-5-15-17(7-12)27-10-26-15/h2-7,13,18H,8-10H2,1H3/t13-,18+/m0/s1. The van der Waals surface area contributed by atoms with Crippen LogP contribution in [-0.4, -0.2) is 47.8 Å². The number of rotatable bonds is 5. The van der Waals surface area contributed by atoms with E-state index < -0.39 is 24.0 Å². The molecule has 0 bridgehead atoms. The molecular weight excluding hydrogens is 386 g/mol. The van der Waals surface area contributed by atoms with Gasteiger partial charge in [0.1, 0.15) is 17.2 Å². The van der Waals surface area contributed by atoms with Gasteiger partial charge in [-0.1, -0.05) is 0 Å². The molecule has 1 amide bonds. The molecule has 2 atom stereocenters. The van der Waals surface area contributed by atoms with Crippen LogP contribution in [0.5, 0.6) is 11.5 Å². The lowest BCUT2D eigenvalue weighted by Crippen LogP contribution is -2.43. The van der Waals surface area contributed by atoms with Crippen molar-refractivity contribution in [2.75, 3.05) is 19.2 Å². The number of hydrogen-bond acceptors (Lipinski definition) is 8. The van der Waals surface area contributed by atoms with Crippen LogP contribution < -0.4 is 9.47 Å². The van der Waals surface area contributed by atoms with Gasteiger partial charge in [-0.15, -0.1) is 11.8 Å². The normalized spacial score (nSPS) is 20.2. The number of amides is 1. The van der Waals surface area contributed by atoms with Gasteiger partial charge in [0.2, 0.25) is 12.7 Å². The Morgan fingerprint density at radius 2 is 2.04 bits per heavy atom. The summed E-state index contributed by atoms with van der Waals surface area (Å²) in [5.74, 6) is 0.746. The second-order valence-electron chi connectivity index (χ2n) is 6.24. The molecule has 0 spiro atoms. The van der Waals surface area contributed by atoms with E-state index in [-0.39, 0.29) is 18.5 Å². The van der Waals surface area contributed by atoms with Gasteiger partial charge in [-0.2, -0.15) is 0 Å². The van der Waals surface area contributed by atoms with E-state index in [1.54, 1.807) is 30.3 Å². The second kappa shape index (κ2) is 7.59. The highest BCUT2D eigenvalue weighted by atomic mass is 32.2. The molecule has 4 rings (SSSR count). The highest BCUT2D eigenvalue weighted by Crippen LogP contribution is 2.41. The van der Waals surface area contributed by atoms with Crippen molar-refractivity contribution < 1.29 is 33.0 Å². The average Bonchev–Trinajstić information content (AvgIpc) is 3.44. The lowest BCUT2D eigenvalue weighted by Gasteiger charge is -2.25. The summed E-state index contributed by atoms with van der Waals surface area (Å²) in [7, 11) is 0. The highest BCUT2D eigenvalue weighted by Gasteiger charge is 2.43. The predicted molar refractivity (Wildman–Crippen MR) is 98.1 cm³/mol. The summed E-state index contributed by atoms with van der Waals surface area (Å²) in [5.41, 5.74) is 0.356. The van der Waals surface area contributed by atoms with E-state index in [1.165, 1.54) is 29.8 Å². The fourth-order valence-electron chi connectivity index (χ4n) is 3.11. The van der Waals surface area contributed by atoms with Gasteiger partial charge in [0.15, 0.2) is 23.9 Å². The number of benzene rings is 1. The summed E-state index contributed by atoms with van der Waals surface area (Å²) in [6, 6.07) is 7.48. The molecule has 9 heteroatoms. The first-order valence-corrected chi connectivity index (χ1v) is 9.63. The molecule has 8 nitrogen and oxygen atoms in total. The third-order valence-electron chi connectivity index (χ3n) is 4.46.